The topological polar surface area (TPSA) is 24.7 Å². The molecule has 2 heteroatoms. The average Bonchev–Trinajstić information content (AvgIpc) is 2.10. The molecule has 3 aliphatic carbocycles. The summed E-state index contributed by atoms with van der Waals surface area (Å²) in [6.07, 6.45) is 5.63. The summed E-state index contributed by atoms with van der Waals surface area (Å²) in [6.45, 7) is 2.49. The summed E-state index contributed by atoms with van der Waals surface area (Å²) < 4.78 is 0. The Morgan fingerprint density at radius 3 is 2.54 bits per heavy atom. The molecule has 0 aromatic heterocycles. The van der Waals surface area contributed by atoms with Crippen LogP contribution in [0.4, 0.5) is 0 Å². The van der Waals surface area contributed by atoms with E-state index >= 15 is 0 Å². The Labute approximate surface area is 78.8 Å². The summed E-state index contributed by atoms with van der Waals surface area (Å²) in [7, 11) is 0. The third-order valence-electron chi connectivity index (χ3n) is 5.53. The zero-order valence-corrected chi connectivity index (χ0v) is 8.11. The van der Waals surface area contributed by atoms with Gasteiger partial charge in [0.05, 0.1) is 12.1 Å². The molecule has 0 saturated heterocycles. The van der Waals surface area contributed by atoms with E-state index in [4.69, 9.17) is 0 Å². The minimum absolute atomic E-state index is 0.591. The van der Waals surface area contributed by atoms with E-state index in [0.717, 1.165) is 17.8 Å². The van der Waals surface area contributed by atoms with E-state index in [9.17, 15) is 0 Å². The van der Waals surface area contributed by atoms with Crippen LogP contribution in [0.3, 0.4) is 0 Å². The van der Waals surface area contributed by atoms with Crippen LogP contribution < -0.4 is 0 Å². The summed E-state index contributed by atoms with van der Waals surface area (Å²) in [5.74, 6) is 3.02. The molecule has 6 atom stereocenters. The SMILES string of the molecule is C[C@]12C(C3CC[C@H]1N=N3)C1CC[C@H]12. The highest BCUT2D eigenvalue weighted by Gasteiger charge is 2.70. The van der Waals surface area contributed by atoms with Gasteiger partial charge in [0.15, 0.2) is 0 Å². The molecule has 2 bridgehead atoms. The first-order chi connectivity index (χ1) is 6.32. The number of fused-ring (bicyclic) bond motifs is 2. The molecule has 5 rings (SSSR count). The van der Waals surface area contributed by atoms with Crippen molar-refractivity contribution in [3.63, 3.8) is 0 Å². The van der Waals surface area contributed by atoms with Crippen LogP contribution in [0.25, 0.3) is 0 Å². The van der Waals surface area contributed by atoms with Crippen LogP contribution in [0.1, 0.15) is 32.6 Å². The minimum atomic E-state index is 0.591. The molecule has 2 heterocycles. The maximum Gasteiger partial charge on any atom is 0.0768 e. The second kappa shape index (κ2) is 1.84. The second-order valence-corrected chi connectivity index (χ2v) is 5.63. The molecule has 3 saturated carbocycles. The number of nitrogens with zero attached hydrogens (tertiary/aromatic N) is 2. The van der Waals surface area contributed by atoms with Crippen LogP contribution in [-0.2, 0) is 0 Å². The van der Waals surface area contributed by atoms with E-state index in [1.54, 1.807) is 0 Å². The highest BCUT2D eigenvalue weighted by Crippen LogP contribution is 2.72. The standard InChI is InChI=1S/C11H16N2/c1-11-7-3-2-6(7)10(11)8-4-5-9(11)13-12-8/h6-10H,2-5H2,1H3/t6?,7-,8?,9-,10?,11-/m1/s1. The van der Waals surface area contributed by atoms with Gasteiger partial charge in [0.1, 0.15) is 0 Å². The first kappa shape index (κ1) is 6.97. The fourth-order valence-electron chi connectivity index (χ4n) is 4.78. The number of azo groups is 1. The Hall–Kier alpha value is -0.400. The van der Waals surface area contributed by atoms with Crippen LogP contribution in [0.2, 0.25) is 0 Å². The van der Waals surface area contributed by atoms with Crippen molar-refractivity contribution in [2.75, 3.05) is 0 Å². The normalized spacial score (nSPS) is 66.4. The van der Waals surface area contributed by atoms with Crippen molar-refractivity contribution in [3.05, 3.63) is 0 Å². The van der Waals surface area contributed by atoms with Gasteiger partial charge < -0.3 is 0 Å². The molecule has 0 radical (unpaired) electrons. The fraction of sp³-hybridized carbons (Fsp3) is 1.00. The van der Waals surface area contributed by atoms with Crippen molar-refractivity contribution in [1.82, 2.24) is 0 Å². The largest absolute Gasteiger partial charge is 0.190 e. The lowest BCUT2D eigenvalue weighted by Gasteiger charge is -2.72. The molecule has 2 aliphatic heterocycles. The van der Waals surface area contributed by atoms with Gasteiger partial charge in [-0.3, -0.25) is 0 Å². The van der Waals surface area contributed by atoms with E-state index in [1.165, 1.54) is 25.7 Å². The summed E-state index contributed by atoms with van der Waals surface area (Å²) in [4.78, 5) is 0. The van der Waals surface area contributed by atoms with Crippen molar-refractivity contribution in [2.24, 2.45) is 33.4 Å². The lowest BCUT2D eigenvalue weighted by Crippen LogP contribution is -2.71. The first-order valence-corrected chi connectivity index (χ1v) is 5.72. The molecule has 0 aromatic rings. The van der Waals surface area contributed by atoms with Gasteiger partial charge in [-0.25, -0.2) is 0 Å². The molecule has 3 fully saturated rings. The lowest BCUT2D eigenvalue weighted by atomic mass is 9.34. The van der Waals surface area contributed by atoms with Crippen LogP contribution in [0.5, 0.6) is 0 Å². The maximum absolute atomic E-state index is 4.50. The van der Waals surface area contributed by atoms with Gasteiger partial charge in [0.2, 0.25) is 0 Å². The van der Waals surface area contributed by atoms with Crippen LogP contribution in [-0.4, -0.2) is 12.1 Å². The van der Waals surface area contributed by atoms with Gasteiger partial charge in [0, 0.05) is 0 Å². The molecular formula is C11H16N2. The van der Waals surface area contributed by atoms with Gasteiger partial charge in [-0.05, 0) is 48.9 Å². The predicted octanol–water partition coefficient (Wildman–Crippen LogP) is 2.65. The molecule has 3 unspecified atom stereocenters. The Morgan fingerprint density at radius 1 is 1.08 bits per heavy atom. The Bertz CT molecular complexity index is 298. The van der Waals surface area contributed by atoms with Crippen LogP contribution >= 0.6 is 0 Å². The molecule has 0 amide bonds. The minimum Gasteiger partial charge on any atom is -0.190 e. The third kappa shape index (κ3) is 0.537. The molecule has 0 aromatic carbocycles. The predicted molar refractivity (Wildman–Crippen MR) is 49.5 cm³/mol. The quantitative estimate of drug-likeness (QED) is 0.542. The average molecular weight is 176 g/mol. The fourth-order valence-corrected chi connectivity index (χ4v) is 4.78. The van der Waals surface area contributed by atoms with Crippen molar-refractivity contribution in [3.8, 4) is 0 Å². The van der Waals surface area contributed by atoms with Gasteiger partial charge in [-0.2, -0.15) is 10.2 Å². The first-order valence-electron chi connectivity index (χ1n) is 5.72. The van der Waals surface area contributed by atoms with Gasteiger partial charge in [-0.15, -0.1) is 0 Å². The van der Waals surface area contributed by atoms with E-state index < -0.39 is 0 Å². The number of rotatable bonds is 0. The van der Waals surface area contributed by atoms with Crippen LogP contribution in [0, 0.1) is 23.2 Å². The van der Waals surface area contributed by atoms with Crippen molar-refractivity contribution in [2.45, 2.75) is 44.7 Å². The van der Waals surface area contributed by atoms with Crippen molar-refractivity contribution >= 4 is 0 Å². The molecule has 2 nitrogen and oxygen atoms in total. The summed E-state index contributed by atoms with van der Waals surface area (Å²) in [5.41, 5.74) is 0.591. The summed E-state index contributed by atoms with van der Waals surface area (Å²) in [5, 5.41) is 8.97. The van der Waals surface area contributed by atoms with Crippen molar-refractivity contribution in [1.29, 1.82) is 0 Å². The summed E-state index contributed by atoms with van der Waals surface area (Å²) >= 11 is 0. The van der Waals surface area contributed by atoms with Gasteiger partial charge >= 0.3 is 0 Å². The van der Waals surface area contributed by atoms with E-state index in [2.05, 4.69) is 17.2 Å². The molecule has 0 N–H and O–H groups in total. The number of hydrogen-bond acceptors (Lipinski definition) is 2. The molecule has 0 spiro atoms. The third-order valence-corrected chi connectivity index (χ3v) is 5.53. The number of hydrogen-bond donors (Lipinski definition) is 0. The Kier molecular flexibility index (Phi) is 0.987. The smallest absolute Gasteiger partial charge is 0.0768 e. The molecule has 5 aliphatic rings. The van der Waals surface area contributed by atoms with Gasteiger partial charge in [0.25, 0.3) is 0 Å². The van der Waals surface area contributed by atoms with Gasteiger partial charge in [-0.1, -0.05) is 6.92 Å². The zero-order valence-electron chi connectivity index (χ0n) is 8.11. The monoisotopic (exact) mass is 176 g/mol. The second-order valence-electron chi connectivity index (χ2n) is 5.63. The Balaban J connectivity index is 1.83. The molecule has 13 heavy (non-hydrogen) atoms. The summed E-state index contributed by atoms with van der Waals surface area (Å²) in [6, 6.07) is 1.22. The van der Waals surface area contributed by atoms with E-state index in [-0.39, 0.29) is 0 Å². The van der Waals surface area contributed by atoms with E-state index in [1.807, 2.05) is 0 Å². The van der Waals surface area contributed by atoms with Crippen molar-refractivity contribution < 1.29 is 0 Å². The maximum atomic E-state index is 4.50. The zero-order chi connectivity index (χ0) is 8.63. The Morgan fingerprint density at radius 2 is 2.00 bits per heavy atom. The van der Waals surface area contributed by atoms with E-state index in [0.29, 0.717) is 17.5 Å². The lowest BCUT2D eigenvalue weighted by molar-refractivity contribution is -0.224. The highest BCUT2D eigenvalue weighted by molar-refractivity contribution is 5.21. The molecule has 70 valence electrons. The molecular weight excluding hydrogens is 160 g/mol. The van der Waals surface area contributed by atoms with Crippen LogP contribution in [0.15, 0.2) is 10.2 Å². The highest BCUT2D eigenvalue weighted by atomic mass is 15.2.